The Kier molecular flexibility index (Phi) is 2.63. The molecule has 4 nitrogen and oxygen atoms in total. The second kappa shape index (κ2) is 3.81. The summed E-state index contributed by atoms with van der Waals surface area (Å²) in [5, 5.41) is 10.4. The molecule has 4 heteroatoms. The summed E-state index contributed by atoms with van der Waals surface area (Å²) < 4.78 is 5.38. The minimum absolute atomic E-state index is 0.229. The van der Waals surface area contributed by atoms with Gasteiger partial charge in [0.05, 0.1) is 0 Å². The number of carbonyl (C=O) groups excluding carboxylic acids is 2. The van der Waals surface area contributed by atoms with Crippen molar-refractivity contribution < 1.29 is 19.4 Å². The molecule has 1 heterocycles. The maximum Gasteiger partial charge on any atom is 0.338 e. The van der Waals surface area contributed by atoms with Crippen molar-refractivity contribution in [2.75, 3.05) is 0 Å². The molecule has 6 atom stereocenters. The molecular formula is C15H22O4. The van der Waals surface area contributed by atoms with Gasteiger partial charge in [0, 0.05) is 17.8 Å². The summed E-state index contributed by atoms with van der Waals surface area (Å²) in [5.41, 5.74) is -1.83. The third-order valence-electron chi connectivity index (χ3n) is 5.92. The number of carbonyl (C=O) groups is 2. The van der Waals surface area contributed by atoms with Gasteiger partial charge in [0.2, 0.25) is 0 Å². The van der Waals surface area contributed by atoms with E-state index in [4.69, 9.17) is 4.74 Å². The fourth-order valence-electron chi connectivity index (χ4n) is 4.66. The van der Waals surface area contributed by atoms with Gasteiger partial charge in [-0.25, -0.2) is 4.79 Å². The van der Waals surface area contributed by atoms with E-state index >= 15 is 0 Å². The quantitative estimate of drug-likeness (QED) is 0.678. The summed E-state index contributed by atoms with van der Waals surface area (Å²) in [4.78, 5) is 24.1. The van der Waals surface area contributed by atoms with Crippen molar-refractivity contribution in [2.24, 2.45) is 23.2 Å². The Morgan fingerprint density at radius 2 is 1.95 bits per heavy atom. The predicted octanol–water partition coefficient (Wildman–Crippen LogP) is 1.69. The Hall–Kier alpha value is -0.900. The third-order valence-corrected chi connectivity index (χ3v) is 5.92. The van der Waals surface area contributed by atoms with E-state index < -0.39 is 17.0 Å². The van der Waals surface area contributed by atoms with Gasteiger partial charge < -0.3 is 9.84 Å². The molecule has 19 heavy (non-hydrogen) atoms. The summed E-state index contributed by atoms with van der Waals surface area (Å²) in [7, 11) is 0. The van der Waals surface area contributed by atoms with E-state index in [1.54, 1.807) is 0 Å². The molecule has 0 amide bonds. The average molecular weight is 266 g/mol. The van der Waals surface area contributed by atoms with Gasteiger partial charge in [-0.2, -0.15) is 0 Å². The fourth-order valence-corrected chi connectivity index (χ4v) is 4.66. The lowest BCUT2D eigenvalue weighted by Gasteiger charge is -2.34. The van der Waals surface area contributed by atoms with E-state index in [0.717, 1.165) is 12.8 Å². The van der Waals surface area contributed by atoms with Crippen LogP contribution >= 0.6 is 0 Å². The van der Waals surface area contributed by atoms with Crippen molar-refractivity contribution in [2.45, 2.75) is 58.2 Å². The Balaban J connectivity index is 2.00. The maximum absolute atomic E-state index is 12.3. The molecule has 0 radical (unpaired) electrons. The molecule has 2 saturated carbocycles. The molecular weight excluding hydrogens is 244 g/mol. The van der Waals surface area contributed by atoms with Crippen LogP contribution in [0.4, 0.5) is 0 Å². The predicted molar refractivity (Wildman–Crippen MR) is 68.2 cm³/mol. The smallest absolute Gasteiger partial charge is 0.338 e. The van der Waals surface area contributed by atoms with Crippen LogP contribution in [-0.2, 0) is 14.3 Å². The Bertz CT molecular complexity index is 441. The van der Waals surface area contributed by atoms with Gasteiger partial charge in [0.1, 0.15) is 11.9 Å². The molecule has 1 aliphatic heterocycles. The topological polar surface area (TPSA) is 63.6 Å². The zero-order chi connectivity index (χ0) is 14.0. The lowest BCUT2D eigenvalue weighted by atomic mass is 9.69. The van der Waals surface area contributed by atoms with E-state index in [0.29, 0.717) is 30.5 Å². The molecule has 0 aromatic heterocycles. The van der Waals surface area contributed by atoms with Crippen LogP contribution in [-0.4, -0.2) is 28.6 Å². The summed E-state index contributed by atoms with van der Waals surface area (Å²) in [5.74, 6) is 0.232. The molecule has 3 fully saturated rings. The molecule has 0 spiro atoms. The first-order valence-corrected chi connectivity index (χ1v) is 7.23. The van der Waals surface area contributed by atoms with Crippen molar-refractivity contribution in [3.63, 3.8) is 0 Å². The summed E-state index contributed by atoms with van der Waals surface area (Å²) in [6.07, 6.45) is 2.68. The van der Waals surface area contributed by atoms with Crippen LogP contribution in [0.1, 0.15) is 46.5 Å². The van der Waals surface area contributed by atoms with Crippen LogP contribution in [0.2, 0.25) is 0 Å². The average Bonchev–Trinajstić information content (AvgIpc) is 2.66. The third kappa shape index (κ3) is 1.62. The van der Waals surface area contributed by atoms with Crippen LogP contribution in [0.15, 0.2) is 0 Å². The van der Waals surface area contributed by atoms with Crippen LogP contribution in [0.3, 0.4) is 0 Å². The number of hydrogen-bond acceptors (Lipinski definition) is 4. The first-order chi connectivity index (χ1) is 8.76. The summed E-state index contributed by atoms with van der Waals surface area (Å²) in [6, 6.07) is 0. The Morgan fingerprint density at radius 1 is 1.26 bits per heavy atom. The number of ketones is 1. The highest BCUT2D eigenvalue weighted by atomic mass is 16.6. The molecule has 1 N–H and O–H groups in total. The minimum Gasteiger partial charge on any atom is -0.460 e. The number of aliphatic hydroxyl groups is 1. The highest BCUT2D eigenvalue weighted by Gasteiger charge is 2.61. The summed E-state index contributed by atoms with van der Waals surface area (Å²) >= 11 is 0. The van der Waals surface area contributed by atoms with Gasteiger partial charge in [-0.1, -0.05) is 13.8 Å². The van der Waals surface area contributed by atoms with Crippen LogP contribution < -0.4 is 0 Å². The van der Waals surface area contributed by atoms with E-state index in [-0.39, 0.29) is 12.0 Å². The second-order valence-electron chi connectivity index (χ2n) is 7.10. The van der Waals surface area contributed by atoms with Gasteiger partial charge in [-0.3, -0.25) is 4.79 Å². The number of fused-ring (bicyclic) bond motifs is 2. The van der Waals surface area contributed by atoms with Crippen LogP contribution in [0, 0.1) is 23.2 Å². The van der Waals surface area contributed by atoms with E-state index in [2.05, 4.69) is 6.92 Å². The van der Waals surface area contributed by atoms with Gasteiger partial charge in [-0.15, -0.1) is 0 Å². The number of hydrogen-bond donors (Lipinski definition) is 1. The fraction of sp³-hybridized carbons (Fsp3) is 0.867. The molecule has 0 aromatic carbocycles. The van der Waals surface area contributed by atoms with Crippen molar-refractivity contribution >= 4 is 11.8 Å². The monoisotopic (exact) mass is 266 g/mol. The Labute approximate surface area is 113 Å². The summed E-state index contributed by atoms with van der Waals surface area (Å²) in [6.45, 7) is 5.70. The first kappa shape index (κ1) is 13.1. The van der Waals surface area contributed by atoms with Gasteiger partial charge in [0.15, 0.2) is 5.60 Å². The highest BCUT2D eigenvalue weighted by molar-refractivity contribution is 5.88. The van der Waals surface area contributed by atoms with E-state index in [1.165, 1.54) is 6.92 Å². The standard InChI is InChI=1S/C15H22O4/c1-8-6-11-10(15(3,18)13(17)19-11)7-14(2)9(8)4-5-12(14)16/h8-11,18H,4-7H2,1-3H3/t8-,9+,10+,11-,14+,15+/m1/s1. The normalized spacial score (nSPS) is 53.5. The molecule has 106 valence electrons. The van der Waals surface area contributed by atoms with E-state index in [9.17, 15) is 14.7 Å². The van der Waals surface area contributed by atoms with Gasteiger partial charge >= 0.3 is 5.97 Å². The second-order valence-corrected chi connectivity index (χ2v) is 7.10. The zero-order valence-electron chi connectivity index (χ0n) is 11.8. The van der Waals surface area contributed by atoms with Gasteiger partial charge in [-0.05, 0) is 38.0 Å². The SMILES string of the molecule is C[C@@H]1C[C@H]2OC(=O)[C@@](C)(O)[C@H]2C[C@]2(C)C(=O)CC[C@@H]12. The maximum atomic E-state index is 12.3. The number of ether oxygens (including phenoxy) is 1. The molecule has 2 aliphatic carbocycles. The molecule has 3 rings (SSSR count). The van der Waals surface area contributed by atoms with E-state index in [1.807, 2.05) is 6.92 Å². The van der Waals surface area contributed by atoms with Crippen LogP contribution in [0.5, 0.6) is 0 Å². The lowest BCUT2D eigenvalue weighted by Crippen LogP contribution is -2.42. The van der Waals surface area contributed by atoms with Crippen molar-refractivity contribution in [3.05, 3.63) is 0 Å². The number of rotatable bonds is 0. The van der Waals surface area contributed by atoms with Crippen molar-refractivity contribution in [1.82, 2.24) is 0 Å². The van der Waals surface area contributed by atoms with Gasteiger partial charge in [0.25, 0.3) is 0 Å². The Morgan fingerprint density at radius 3 is 2.63 bits per heavy atom. The molecule has 0 unspecified atom stereocenters. The van der Waals surface area contributed by atoms with Crippen molar-refractivity contribution in [1.29, 1.82) is 0 Å². The zero-order valence-corrected chi connectivity index (χ0v) is 11.8. The minimum atomic E-state index is -1.44. The molecule has 1 saturated heterocycles. The lowest BCUT2D eigenvalue weighted by molar-refractivity contribution is -0.155. The first-order valence-electron chi connectivity index (χ1n) is 7.23. The highest BCUT2D eigenvalue weighted by Crippen LogP contribution is 2.56. The molecule has 0 aromatic rings. The van der Waals surface area contributed by atoms with Crippen molar-refractivity contribution in [3.8, 4) is 0 Å². The number of esters is 1. The van der Waals surface area contributed by atoms with Crippen LogP contribution in [0.25, 0.3) is 0 Å². The molecule has 0 bridgehead atoms. The number of Topliss-reactive ketones (excluding diaryl/α,β-unsaturated/α-hetero) is 1. The largest absolute Gasteiger partial charge is 0.460 e. The molecule has 3 aliphatic rings.